The Morgan fingerprint density at radius 3 is 2.69 bits per heavy atom. The average Bonchev–Trinajstić information content (AvgIpc) is 3.39. The lowest BCUT2D eigenvalue weighted by atomic mass is 10.0. The molecular weight excluding hydrogens is 370 g/mol. The molecule has 150 valence electrons. The van der Waals surface area contributed by atoms with E-state index in [0.29, 0.717) is 31.1 Å². The lowest BCUT2D eigenvalue weighted by molar-refractivity contribution is -0.122. The number of benzene rings is 2. The van der Waals surface area contributed by atoms with Gasteiger partial charge in [0.15, 0.2) is 0 Å². The summed E-state index contributed by atoms with van der Waals surface area (Å²) in [5, 5.41) is 16.3. The standard InChI is InChI=1S/C21H23N5O3/c1-13-2-4-15(5-3-13)20-23-19(29-26-20)10-11-22-21(28)18-12-17(24-25-18)14-6-8-16(27)9-7-14/h2-9,17-18,24-25,27H,10-12H2,1H3,(H,22,28). The highest BCUT2D eigenvalue weighted by Crippen LogP contribution is 2.24. The second-order valence-corrected chi connectivity index (χ2v) is 7.14. The van der Waals surface area contributed by atoms with E-state index in [1.165, 1.54) is 5.56 Å². The van der Waals surface area contributed by atoms with E-state index in [2.05, 4.69) is 26.3 Å². The van der Waals surface area contributed by atoms with Crippen molar-refractivity contribution in [2.75, 3.05) is 6.54 Å². The number of aromatic nitrogens is 2. The molecule has 2 atom stereocenters. The summed E-state index contributed by atoms with van der Waals surface area (Å²) in [5.41, 5.74) is 9.23. The van der Waals surface area contributed by atoms with Gasteiger partial charge in [0.1, 0.15) is 11.8 Å². The molecule has 1 fully saturated rings. The molecule has 1 aromatic heterocycles. The van der Waals surface area contributed by atoms with Gasteiger partial charge in [0.05, 0.1) is 0 Å². The topological polar surface area (TPSA) is 112 Å². The molecule has 0 radical (unpaired) electrons. The fourth-order valence-corrected chi connectivity index (χ4v) is 3.25. The Labute approximate surface area is 168 Å². The number of carbonyl (C=O) groups excluding carboxylic acids is 1. The van der Waals surface area contributed by atoms with Crippen LogP contribution in [0.5, 0.6) is 5.75 Å². The molecule has 1 amide bonds. The highest BCUT2D eigenvalue weighted by atomic mass is 16.5. The van der Waals surface area contributed by atoms with Crippen LogP contribution < -0.4 is 16.2 Å². The van der Waals surface area contributed by atoms with Crippen molar-refractivity contribution in [3.63, 3.8) is 0 Å². The molecule has 0 spiro atoms. The molecule has 1 aliphatic heterocycles. The zero-order valence-corrected chi connectivity index (χ0v) is 16.1. The molecule has 4 rings (SSSR count). The average molecular weight is 393 g/mol. The van der Waals surface area contributed by atoms with Crippen molar-refractivity contribution < 1.29 is 14.4 Å². The van der Waals surface area contributed by atoms with Crippen LogP contribution in [-0.2, 0) is 11.2 Å². The Morgan fingerprint density at radius 1 is 1.17 bits per heavy atom. The van der Waals surface area contributed by atoms with Crippen LogP contribution in [0.2, 0.25) is 0 Å². The van der Waals surface area contributed by atoms with Crippen molar-refractivity contribution in [3.05, 3.63) is 65.5 Å². The van der Waals surface area contributed by atoms with Crippen molar-refractivity contribution in [3.8, 4) is 17.1 Å². The SMILES string of the molecule is Cc1ccc(-c2noc(CCNC(=O)C3CC(c4ccc(O)cc4)NN3)n2)cc1. The van der Waals surface area contributed by atoms with Gasteiger partial charge in [0.25, 0.3) is 0 Å². The summed E-state index contributed by atoms with van der Waals surface area (Å²) in [4.78, 5) is 16.8. The van der Waals surface area contributed by atoms with Crippen molar-refractivity contribution >= 4 is 5.91 Å². The third-order valence-corrected chi connectivity index (χ3v) is 4.93. The third kappa shape index (κ3) is 4.61. The van der Waals surface area contributed by atoms with Gasteiger partial charge in [0.2, 0.25) is 17.6 Å². The summed E-state index contributed by atoms with van der Waals surface area (Å²) < 4.78 is 5.28. The fraction of sp³-hybridized carbons (Fsp3) is 0.286. The number of rotatable bonds is 6. The molecule has 0 bridgehead atoms. The van der Waals surface area contributed by atoms with Crippen molar-refractivity contribution in [2.45, 2.75) is 31.8 Å². The minimum Gasteiger partial charge on any atom is -0.508 e. The number of hydrogen-bond acceptors (Lipinski definition) is 7. The molecule has 1 aliphatic rings. The van der Waals surface area contributed by atoms with Crippen LogP contribution in [0.3, 0.4) is 0 Å². The van der Waals surface area contributed by atoms with Crippen LogP contribution in [0.15, 0.2) is 53.1 Å². The van der Waals surface area contributed by atoms with Crippen molar-refractivity contribution in [1.82, 2.24) is 26.3 Å². The maximum atomic E-state index is 12.4. The first kappa shape index (κ1) is 19.1. The van der Waals surface area contributed by atoms with Crippen LogP contribution in [0.1, 0.15) is 29.5 Å². The number of phenols is 1. The number of nitrogens with zero attached hydrogens (tertiary/aromatic N) is 2. The second-order valence-electron chi connectivity index (χ2n) is 7.14. The summed E-state index contributed by atoms with van der Waals surface area (Å²) in [6, 6.07) is 14.5. The minimum absolute atomic E-state index is 0.0133. The monoisotopic (exact) mass is 393 g/mol. The smallest absolute Gasteiger partial charge is 0.238 e. The van der Waals surface area contributed by atoms with Gasteiger partial charge in [-0.05, 0) is 31.0 Å². The van der Waals surface area contributed by atoms with Crippen molar-refractivity contribution in [1.29, 1.82) is 0 Å². The molecule has 2 aromatic carbocycles. The normalized spacial score (nSPS) is 18.7. The van der Waals surface area contributed by atoms with Crippen LogP contribution >= 0.6 is 0 Å². The van der Waals surface area contributed by atoms with Gasteiger partial charge in [-0.2, -0.15) is 4.98 Å². The van der Waals surface area contributed by atoms with E-state index in [-0.39, 0.29) is 23.7 Å². The Bertz CT molecular complexity index is 969. The Morgan fingerprint density at radius 2 is 1.93 bits per heavy atom. The number of nitrogens with one attached hydrogen (secondary N) is 3. The largest absolute Gasteiger partial charge is 0.508 e. The van der Waals surface area contributed by atoms with E-state index in [4.69, 9.17) is 4.52 Å². The summed E-state index contributed by atoms with van der Waals surface area (Å²) >= 11 is 0. The highest BCUT2D eigenvalue weighted by Gasteiger charge is 2.29. The fourth-order valence-electron chi connectivity index (χ4n) is 3.25. The number of phenolic OH excluding ortho intramolecular Hbond substituents is 1. The summed E-state index contributed by atoms with van der Waals surface area (Å²) in [5.74, 6) is 1.17. The van der Waals surface area contributed by atoms with Gasteiger partial charge in [0, 0.05) is 24.6 Å². The molecule has 4 N–H and O–H groups in total. The number of carbonyl (C=O) groups is 1. The van der Waals surface area contributed by atoms with Crippen molar-refractivity contribution in [2.24, 2.45) is 0 Å². The highest BCUT2D eigenvalue weighted by molar-refractivity contribution is 5.82. The molecule has 3 aromatic rings. The van der Waals surface area contributed by atoms with Crippen LogP contribution in [0, 0.1) is 6.92 Å². The molecule has 8 heteroatoms. The molecule has 8 nitrogen and oxygen atoms in total. The van der Waals surface area contributed by atoms with Gasteiger partial charge in [-0.15, -0.1) is 0 Å². The zero-order chi connectivity index (χ0) is 20.2. The molecule has 29 heavy (non-hydrogen) atoms. The van der Waals surface area contributed by atoms with E-state index >= 15 is 0 Å². The molecule has 0 saturated carbocycles. The maximum absolute atomic E-state index is 12.4. The molecule has 0 aliphatic carbocycles. The first-order chi connectivity index (χ1) is 14.1. The first-order valence-electron chi connectivity index (χ1n) is 9.56. The lowest BCUT2D eigenvalue weighted by Crippen LogP contribution is -2.43. The number of amides is 1. The van der Waals surface area contributed by atoms with Gasteiger partial charge < -0.3 is 14.9 Å². The number of aryl methyl sites for hydroxylation is 1. The van der Waals surface area contributed by atoms with Gasteiger partial charge in [-0.25, -0.2) is 10.9 Å². The quantitative estimate of drug-likeness (QED) is 0.507. The van der Waals surface area contributed by atoms with E-state index in [1.54, 1.807) is 12.1 Å². The Kier molecular flexibility index (Phi) is 5.55. The Hall–Kier alpha value is -3.23. The predicted molar refractivity (Wildman–Crippen MR) is 107 cm³/mol. The van der Waals surface area contributed by atoms with Crippen LogP contribution in [-0.4, -0.2) is 33.7 Å². The Balaban J connectivity index is 1.25. The molecule has 2 heterocycles. The van der Waals surface area contributed by atoms with E-state index in [9.17, 15) is 9.90 Å². The van der Waals surface area contributed by atoms with Crippen LogP contribution in [0.4, 0.5) is 0 Å². The second kappa shape index (κ2) is 8.42. The number of aromatic hydroxyl groups is 1. The summed E-state index contributed by atoms with van der Waals surface area (Å²) in [6.07, 6.45) is 1.08. The van der Waals surface area contributed by atoms with E-state index < -0.39 is 0 Å². The van der Waals surface area contributed by atoms with E-state index in [1.807, 2.05) is 43.3 Å². The molecule has 1 saturated heterocycles. The van der Waals surface area contributed by atoms with Gasteiger partial charge >= 0.3 is 0 Å². The minimum atomic E-state index is -0.334. The third-order valence-electron chi connectivity index (χ3n) is 4.93. The summed E-state index contributed by atoms with van der Waals surface area (Å²) in [7, 11) is 0. The molecule has 2 unspecified atom stereocenters. The molecular formula is C21H23N5O3. The number of hydrazine groups is 1. The first-order valence-corrected chi connectivity index (χ1v) is 9.56. The van der Waals surface area contributed by atoms with Gasteiger partial charge in [-0.3, -0.25) is 4.79 Å². The lowest BCUT2D eigenvalue weighted by Gasteiger charge is -2.10. The maximum Gasteiger partial charge on any atom is 0.238 e. The zero-order valence-electron chi connectivity index (χ0n) is 16.1. The van der Waals surface area contributed by atoms with E-state index in [0.717, 1.165) is 11.1 Å². The van der Waals surface area contributed by atoms with Crippen LogP contribution in [0.25, 0.3) is 11.4 Å². The summed E-state index contributed by atoms with van der Waals surface area (Å²) in [6.45, 7) is 2.44. The van der Waals surface area contributed by atoms with Gasteiger partial charge in [-0.1, -0.05) is 47.1 Å². The predicted octanol–water partition coefficient (Wildman–Crippen LogP) is 2.02. The number of hydrogen-bond donors (Lipinski definition) is 4.